The molecule has 3 aromatic rings. The van der Waals surface area contributed by atoms with Crippen LogP contribution in [0.2, 0.25) is 0 Å². The quantitative estimate of drug-likeness (QED) is 0.549. The monoisotopic (exact) mass is 370 g/mol. The highest BCUT2D eigenvalue weighted by Crippen LogP contribution is 2.32. The molecule has 1 N–H and O–H groups in total. The average Bonchev–Trinajstić information content (AvgIpc) is 3.18. The Bertz CT molecular complexity index is 998. The van der Waals surface area contributed by atoms with Gasteiger partial charge in [-0.2, -0.15) is 0 Å². The van der Waals surface area contributed by atoms with Crippen molar-refractivity contribution in [3.63, 3.8) is 0 Å². The fourth-order valence-corrected chi connectivity index (χ4v) is 4.70. The first-order valence-electron chi connectivity index (χ1n) is 9.08. The van der Waals surface area contributed by atoms with E-state index in [-0.39, 0.29) is 11.7 Å². The highest BCUT2D eigenvalue weighted by molar-refractivity contribution is 7.14. The first-order valence-corrected chi connectivity index (χ1v) is 9.89. The minimum atomic E-state index is -0.247. The van der Waals surface area contributed by atoms with Crippen molar-refractivity contribution in [3.8, 4) is 0 Å². The number of fused-ring (bicyclic) bond motifs is 2. The number of para-hydroxylation sites is 2. The molecule has 1 atom stereocenters. The molecule has 5 nitrogen and oxygen atoms in total. The number of benzene rings is 1. The molecule has 4 rings (SSSR count). The molecule has 2 heterocycles. The minimum absolute atomic E-state index is 0.127. The van der Waals surface area contributed by atoms with Gasteiger partial charge in [0.05, 0.1) is 17.6 Å². The molecule has 0 radical (unpaired) electrons. The lowest BCUT2D eigenvalue weighted by atomic mass is 9.90. The second-order valence-corrected chi connectivity index (χ2v) is 8.13. The molecule has 1 aliphatic carbocycles. The number of H-pyrrole nitrogens is 1. The first-order chi connectivity index (χ1) is 12.6. The Labute approximate surface area is 155 Å². The highest BCUT2D eigenvalue weighted by atomic mass is 32.1. The second kappa shape index (κ2) is 7.11. The molecule has 0 bridgehead atoms. The highest BCUT2D eigenvalue weighted by Gasteiger charge is 2.21. The number of carbonyl (C=O) groups excluding carboxylic acids is 1. The van der Waals surface area contributed by atoms with Gasteiger partial charge in [-0.25, -0.2) is 9.59 Å². The topological polar surface area (TPSA) is 64.1 Å². The molecule has 0 aliphatic heterocycles. The van der Waals surface area contributed by atoms with E-state index in [1.165, 1.54) is 16.9 Å². The number of nitrogens with one attached hydrogen (secondary N) is 1. The second-order valence-electron chi connectivity index (χ2n) is 7.00. The summed E-state index contributed by atoms with van der Waals surface area (Å²) in [6, 6.07) is 9.60. The van der Waals surface area contributed by atoms with Gasteiger partial charge in [0.25, 0.3) is 0 Å². The molecule has 0 saturated carbocycles. The number of aromatic nitrogens is 2. The van der Waals surface area contributed by atoms with E-state index < -0.39 is 0 Å². The van der Waals surface area contributed by atoms with Gasteiger partial charge in [-0.05, 0) is 55.4 Å². The van der Waals surface area contributed by atoms with Crippen LogP contribution in [0.1, 0.15) is 39.9 Å². The standard InChI is InChI=1S/C20H22N2O3S/c1-13-7-8-17-14(11-13)12-18(26-17)19(23)25-10-4-9-22-16-6-3-2-5-15(16)21-20(22)24/h2-3,5-6,12-13H,4,7-11H2,1H3,(H,21,24). The number of carbonyl (C=O) groups is 1. The molecular weight excluding hydrogens is 348 g/mol. The zero-order chi connectivity index (χ0) is 18.1. The van der Waals surface area contributed by atoms with Gasteiger partial charge in [-0.1, -0.05) is 19.1 Å². The third kappa shape index (κ3) is 3.33. The number of thiophene rings is 1. The summed E-state index contributed by atoms with van der Waals surface area (Å²) in [7, 11) is 0. The van der Waals surface area contributed by atoms with Crippen molar-refractivity contribution in [2.75, 3.05) is 6.61 Å². The first kappa shape index (κ1) is 17.1. The maximum Gasteiger partial charge on any atom is 0.348 e. The Kier molecular flexibility index (Phi) is 4.68. The molecule has 0 fully saturated rings. The fourth-order valence-electron chi connectivity index (χ4n) is 3.59. The van der Waals surface area contributed by atoms with E-state index >= 15 is 0 Å². The maximum absolute atomic E-state index is 12.3. The normalized spacial score (nSPS) is 16.6. The zero-order valence-electron chi connectivity index (χ0n) is 14.8. The van der Waals surface area contributed by atoms with E-state index in [1.807, 2.05) is 30.3 Å². The molecular formula is C20H22N2O3S. The summed E-state index contributed by atoms with van der Waals surface area (Å²) in [6.07, 6.45) is 3.93. The molecule has 136 valence electrons. The molecule has 0 amide bonds. The van der Waals surface area contributed by atoms with Gasteiger partial charge in [0, 0.05) is 11.4 Å². The van der Waals surface area contributed by atoms with Gasteiger partial charge in [-0.15, -0.1) is 11.3 Å². The lowest BCUT2D eigenvalue weighted by Crippen LogP contribution is -2.18. The van der Waals surface area contributed by atoms with Gasteiger partial charge in [0.15, 0.2) is 0 Å². The van der Waals surface area contributed by atoms with E-state index in [9.17, 15) is 9.59 Å². The summed E-state index contributed by atoms with van der Waals surface area (Å²) in [5, 5.41) is 0. The SMILES string of the molecule is CC1CCc2sc(C(=O)OCCCn3c(=O)[nH]c4ccccc43)cc2C1. The Hall–Kier alpha value is -2.34. The number of ether oxygens (including phenoxy) is 1. The lowest BCUT2D eigenvalue weighted by Gasteiger charge is -2.16. The van der Waals surface area contributed by atoms with Crippen molar-refractivity contribution in [3.05, 3.63) is 56.1 Å². The minimum Gasteiger partial charge on any atom is -0.461 e. The van der Waals surface area contributed by atoms with Gasteiger partial charge in [0.2, 0.25) is 0 Å². The van der Waals surface area contributed by atoms with Gasteiger partial charge >= 0.3 is 11.7 Å². The molecule has 2 aromatic heterocycles. The van der Waals surface area contributed by atoms with Crippen molar-refractivity contribution >= 4 is 28.3 Å². The molecule has 0 saturated heterocycles. The number of aromatic amines is 1. The van der Waals surface area contributed by atoms with Crippen molar-refractivity contribution < 1.29 is 9.53 Å². The Morgan fingerprint density at radius 3 is 3.12 bits per heavy atom. The number of nitrogens with zero attached hydrogens (tertiary/aromatic N) is 1. The maximum atomic E-state index is 12.3. The Balaban J connectivity index is 1.34. The summed E-state index contributed by atoms with van der Waals surface area (Å²) < 4.78 is 7.12. The van der Waals surface area contributed by atoms with Crippen molar-refractivity contribution in [2.24, 2.45) is 5.92 Å². The lowest BCUT2D eigenvalue weighted by molar-refractivity contribution is 0.0501. The Morgan fingerprint density at radius 2 is 2.23 bits per heavy atom. The van der Waals surface area contributed by atoms with Crippen LogP contribution in [0.5, 0.6) is 0 Å². The number of esters is 1. The predicted octanol–water partition coefficient (Wildman–Crippen LogP) is 3.76. The third-order valence-corrected chi connectivity index (χ3v) is 6.19. The van der Waals surface area contributed by atoms with Crippen LogP contribution in [0.25, 0.3) is 11.0 Å². The summed E-state index contributed by atoms with van der Waals surface area (Å²) >= 11 is 1.57. The average molecular weight is 370 g/mol. The fraction of sp³-hybridized carbons (Fsp3) is 0.400. The van der Waals surface area contributed by atoms with Crippen LogP contribution in [0.3, 0.4) is 0 Å². The van der Waals surface area contributed by atoms with Crippen LogP contribution >= 0.6 is 11.3 Å². The number of aryl methyl sites for hydroxylation is 2. The van der Waals surface area contributed by atoms with Crippen molar-refractivity contribution in [2.45, 2.75) is 39.2 Å². The van der Waals surface area contributed by atoms with Gasteiger partial charge in [-0.3, -0.25) is 4.57 Å². The number of hydrogen-bond donors (Lipinski definition) is 1. The molecule has 1 aliphatic rings. The van der Waals surface area contributed by atoms with Gasteiger partial charge in [0.1, 0.15) is 4.88 Å². The molecule has 0 spiro atoms. The largest absolute Gasteiger partial charge is 0.461 e. The summed E-state index contributed by atoms with van der Waals surface area (Å²) in [5.74, 6) is 0.443. The van der Waals surface area contributed by atoms with E-state index in [0.717, 1.165) is 23.9 Å². The van der Waals surface area contributed by atoms with Crippen LogP contribution in [0.4, 0.5) is 0 Å². The Morgan fingerprint density at radius 1 is 1.38 bits per heavy atom. The predicted molar refractivity (Wildman–Crippen MR) is 103 cm³/mol. The van der Waals surface area contributed by atoms with E-state index in [4.69, 9.17) is 4.74 Å². The number of hydrogen-bond acceptors (Lipinski definition) is 4. The van der Waals surface area contributed by atoms with E-state index in [2.05, 4.69) is 11.9 Å². The summed E-state index contributed by atoms with van der Waals surface area (Å²) in [5.41, 5.74) is 2.89. The summed E-state index contributed by atoms with van der Waals surface area (Å²) in [6.45, 7) is 3.09. The summed E-state index contributed by atoms with van der Waals surface area (Å²) in [4.78, 5) is 29.2. The van der Waals surface area contributed by atoms with Crippen LogP contribution in [-0.2, 0) is 24.1 Å². The van der Waals surface area contributed by atoms with Crippen LogP contribution in [0, 0.1) is 5.92 Å². The zero-order valence-corrected chi connectivity index (χ0v) is 15.6. The number of rotatable bonds is 5. The van der Waals surface area contributed by atoms with Crippen LogP contribution in [-0.4, -0.2) is 22.1 Å². The third-order valence-electron chi connectivity index (χ3n) is 4.97. The molecule has 1 unspecified atom stereocenters. The smallest absolute Gasteiger partial charge is 0.348 e. The number of imidazole rings is 1. The van der Waals surface area contributed by atoms with Crippen molar-refractivity contribution in [1.82, 2.24) is 9.55 Å². The van der Waals surface area contributed by atoms with E-state index in [0.29, 0.717) is 30.4 Å². The molecule has 1 aromatic carbocycles. The molecule has 6 heteroatoms. The molecule has 26 heavy (non-hydrogen) atoms. The van der Waals surface area contributed by atoms with E-state index in [1.54, 1.807) is 15.9 Å². The van der Waals surface area contributed by atoms with Crippen LogP contribution in [0.15, 0.2) is 35.1 Å². The van der Waals surface area contributed by atoms with Crippen molar-refractivity contribution in [1.29, 1.82) is 0 Å². The van der Waals surface area contributed by atoms with Crippen LogP contribution < -0.4 is 5.69 Å². The van der Waals surface area contributed by atoms with Gasteiger partial charge < -0.3 is 9.72 Å².